The van der Waals surface area contributed by atoms with Crippen LogP contribution in [0, 0.1) is 5.82 Å². The maximum absolute atomic E-state index is 14.0. The van der Waals surface area contributed by atoms with Gasteiger partial charge >= 0.3 is 0 Å². The standard InChI is InChI=1S/C24H33FN2O2/c1-7-27(14-18-11-12-22(29-6)21(25)13-18)15-23(28)26-24-19(16(2)3)9-8-10-20(24)17(4)5/h8-13,16-17H,7,14-15H2,1-6H3,(H,26,28)/p+1. The number of carbonyl (C=O) groups is 1. The molecule has 29 heavy (non-hydrogen) atoms. The van der Waals surface area contributed by atoms with Crippen molar-refractivity contribution in [2.45, 2.75) is 53.0 Å². The van der Waals surface area contributed by atoms with Crippen molar-refractivity contribution >= 4 is 11.6 Å². The largest absolute Gasteiger partial charge is 0.494 e. The molecule has 0 bridgehead atoms. The number of ether oxygens (including phenoxy) is 1. The molecular formula is C24H34FN2O2+. The fourth-order valence-corrected chi connectivity index (χ4v) is 3.53. The Hall–Kier alpha value is -2.40. The Labute approximate surface area is 174 Å². The van der Waals surface area contributed by atoms with Crippen LogP contribution in [0.2, 0.25) is 0 Å². The zero-order valence-corrected chi connectivity index (χ0v) is 18.4. The predicted molar refractivity (Wildman–Crippen MR) is 116 cm³/mol. The van der Waals surface area contributed by atoms with Crippen LogP contribution in [-0.2, 0) is 11.3 Å². The molecule has 0 aliphatic carbocycles. The van der Waals surface area contributed by atoms with Crippen molar-refractivity contribution < 1.29 is 18.8 Å². The number of para-hydroxylation sites is 1. The molecule has 0 spiro atoms. The Kier molecular flexibility index (Phi) is 8.21. The summed E-state index contributed by atoms with van der Waals surface area (Å²) in [6.07, 6.45) is 0. The van der Waals surface area contributed by atoms with Gasteiger partial charge in [0.2, 0.25) is 0 Å². The summed E-state index contributed by atoms with van der Waals surface area (Å²) >= 11 is 0. The molecule has 0 fully saturated rings. The summed E-state index contributed by atoms with van der Waals surface area (Å²) in [6.45, 7) is 12.2. The highest BCUT2D eigenvalue weighted by Crippen LogP contribution is 2.32. The van der Waals surface area contributed by atoms with Gasteiger partial charge < -0.3 is 15.0 Å². The number of likely N-dealkylation sites (N-methyl/N-ethyl adjacent to an activating group) is 1. The highest BCUT2D eigenvalue weighted by atomic mass is 19.1. The number of carbonyl (C=O) groups excluding carboxylic acids is 1. The third kappa shape index (κ3) is 6.04. The minimum absolute atomic E-state index is 0.0224. The highest BCUT2D eigenvalue weighted by molar-refractivity contribution is 5.93. The van der Waals surface area contributed by atoms with Gasteiger partial charge in [0.25, 0.3) is 5.91 Å². The van der Waals surface area contributed by atoms with Crippen LogP contribution < -0.4 is 15.0 Å². The van der Waals surface area contributed by atoms with Crippen LogP contribution in [0.1, 0.15) is 63.1 Å². The molecule has 0 saturated heterocycles. The van der Waals surface area contributed by atoms with Gasteiger partial charge in [0, 0.05) is 11.3 Å². The monoisotopic (exact) mass is 401 g/mol. The van der Waals surface area contributed by atoms with E-state index in [1.54, 1.807) is 6.07 Å². The van der Waals surface area contributed by atoms with Gasteiger partial charge in [0.1, 0.15) is 6.54 Å². The van der Waals surface area contributed by atoms with E-state index in [4.69, 9.17) is 4.74 Å². The molecule has 1 atom stereocenters. The first-order valence-corrected chi connectivity index (χ1v) is 10.3. The molecule has 2 N–H and O–H groups in total. The van der Waals surface area contributed by atoms with Gasteiger partial charge in [-0.25, -0.2) is 4.39 Å². The first-order chi connectivity index (χ1) is 13.8. The molecule has 0 radical (unpaired) electrons. The van der Waals surface area contributed by atoms with E-state index in [-0.39, 0.29) is 17.5 Å². The average molecular weight is 402 g/mol. The van der Waals surface area contributed by atoms with E-state index >= 15 is 0 Å². The van der Waals surface area contributed by atoms with Crippen LogP contribution in [0.3, 0.4) is 0 Å². The molecule has 4 nitrogen and oxygen atoms in total. The molecule has 0 heterocycles. The lowest BCUT2D eigenvalue weighted by Gasteiger charge is -2.22. The summed E-state index contributed by atoms with van der Waals surface area (Å²) in [4.78, 5) is 13.9. The Morgan fingerprint density at radius 2 is 1.72 bits per heavy atom. The van der Waals surface area contributed by atoms with Gasteiger partial charge in [-0.1, -0.05) is 45.9 Å². The molecule has 0 aromatic heterocycles. The number of benzene rings is 2. The van der Waals surface area contributed by atoms with Crippen LogP contribution >= 0.6 is 0 Å². The molecular weight excluding hydrogens is 367 g/mol. The first-order valence-electron chi connectivity index (χ1n) is 10.3. The van der Waals surface area contributed by atoms with Gasteiger partial charge in [-0.2, -0.15) is 0 Å². The van der Waals surface area contributed by atoms with Crippen LogP contribution in [-0.4, -0.2) is 26.1 Å². The molecule has 0 saturated carbocycles. The number of rotatable bonds is 9. The summed E-state index contributed by atoms with van der Waals surface area (Å²) < 4.78 is 19.0. The molecule has 1 unspecified atom stereocenters. The zero-order valence-electron chi connectivity index (χ0n) is 18.4. The Morgan fingerprint density at radius 3 is 2.21 bits per heavy atom. The Morgan fingerprint density at radius 1 is 1.10 bits per heavy atom. The fraction of sp³-hybridized carbons (Fsp3) is 0.458. The second-order valence-electron chi connectivity index (χ2n) is 8.10. The summed E-state index contributed by atoms with van der Waals surface area (Å²) in [5, 5.41) is 3.17. The number of nitrogens with one attached hydrogen (secondary N) is 2. The number of quaternary nitrogens is 1. The quantitative estimate of drug-likeness (QED) is 0.664. The maximum atomic E-state index is 14.0. The molecule has 158 valence electrons. The van der Waals surface area contributed by atoms with E-state index in [0.717, 1.165) is 33.8 Å². The molecule has 2 aromatic carbocycles. The Bertz CT molecular complexity index is 807. The van der Waals surface area contributed by atoms with Gasteiger partial charge in [-0.15, -0.1) is 0 Å². The fourth-order valence-electron chi connectivity index (χ4n) is 3.53. The summed E-state index contributed by atoms with van der Waals surface area (Å²) in [5.41, 5.74) is 4.09. The van der Waals surface area contributed by atoms with E-state index in [1.165, 1.54) is 13.2 Å². The van der Waals surface area contributed by atoms with E-state index < -0.39 is 0 Å². The van der Waals surface area contributed by atoms with Crippen LogP contribution in [0.15, 0.2) is 36.4 Å². The van der Waals surface area contributed by atoms with Crippen molar-refractivity contribution in [2.75, 3.05) is 25.5 Å². The van der Waals surface area contributed by atoms with Crippen molar-refractivity contribution in [3.8, 4) is 5.75 Å². The smallest absolute Gasteiger partial charge is 0.279 e. The predicted octanol–water partition coefficient (Wildman–Crippen LogP) is 4.12. The lowest BCUT2D eigenvalue weighted by molar-refractivity contribution is -0.903. The molecule has 0 aliphatic heterocycles. The lowest BCUT2D eigenvalue weighted by Crippen LogP contribution is -3.11. The van der Waals surface area contributed by atoms with E-state index in [2.05, 4.69) is 51.2 Å². The first kappa shape index (κ1) is 22.9. The third-order valence-electron chi connectivity index (χ3n) is 5.22. The van der Waals surface area contributed by atoms with E-state index in [9.17, 15) is 9.18 Å². The Balaban J connectivity index is 2.14. The number of hydrogen-bond acceptors (Lipinski definition) is 2. The van der Waals surface area contributed by atoms with Crippen molar-refractivity contribution in [2.24, 2.45) is 0 Å². The van der Waals surface area contributed by atoms with Crippen molar-refractivity contribution in [1.29, 1.82) is 0 Å². The van der Waals surface area contributed by atoms with Gasteiger partial charge in [-0.05, 0) is 48.1 Å². The normalized spacial score (nSPS) is 12.3. The number of hydrogen-bond donors (Lipinski definition) is 2. The minimum Gasteiger partial charge on any atom is -0.494 e. The average Bonchev–Trinajstić information content (AvgIpc) is 2.67. The van der Waals surface area contributed by atoms with Gasteiger partial charge in [-0.3, -0.25) is 4.79 Å². The summed E-state index contributed by atoms with van der Waals surface area (Å²) in [5.74, 6) is 0.473. The SMILES string of the molecule is CC[NH+](CC(=O)Nc1c(C(C)C)cccc1C(C)C)Cc1ccc(OC)c(F)c1. The second-order valence-corrected chi connectivity index (χ2v) is 8.10. The van der Waals surface area contributed by atoms with Crippen molar-refractivity contribution in [1.82, 2.24) is 0 Å². The van der Waals surface area contributed by atoms with Crippen LogP contribution in [0.4, 0.5) is 10.1 Å². The number of halogens is 1. The van der Waals surface area contributed by atoms with Crippen molar-refractivity contribution in [3.05, 3.63) is 58.9 Å². The topological polar surface area (TPSA) is 42.8 Å². The van der Waals surface area contributed by atoms with Gasteiger partial charge in [0.05, 0.1) is 13.7 Å². The number of amides is 1. The molecule has 1 amide bonds. The second kappa shape index (κ2) is 10.4. The summed E-state index contributed by atoms with van der Waals surface area (Å²) in [6, 6.07) is 11.2. The van der Waals surface area contributed by atoms with Crippen LogP contribution in [0.25, 0.3) is 0 Å². The third-order valence-corrected chi connectivity index (χ3v) is 5.22. The van der Waals surface area contributed by atoms with E-state index in [0.29, 0.717) is 24.9 Å². The minimum atomic E-state index is -0.377. The molecule has 0 aliphatic rings. The van der Waals surface area contributed by atoms with Gasteiger partial charge in [0.15, 0.2) is 18.1 Å². The lowest BCUT2D eigenvalue weighted by atomic mass is 9.92. The highest BCUT2D eigenvalue weighted by Gasteiger charge is 2.19. The zero-order chi connectivity index (χ0) is 21.6. The maximum Gasteiger partial charge on any atom is 0.279 e. The molecule has 5 heteroatoms. The molecule has 2 rings (SSSR count). The molecule has 2 aromatic rings. The number of methoxy groups -OCH3 is 1. The van der Waals surface area contributed by atoms with Crippen LogP contribution in [0.5, 0.6) is 5.75 Å². The van der Waals surface area contributed by atoms with Crippen molar-refractivity contribution in [3.63, 3.8) is 0 Å². The van der Waals surface area contributed by atoms with E-state index in [1.807, 2.05) is 13.0 Å². The summed E-state index contributed by atoms with van der Waals surface area (Å²) in [7, 11) is 1.45. The number of anilines is 1.